The maximum absolute atomic E-state index is 14.3. The molecule has 2 rings (SSSR count). The molecule has 2 aromatic heterocycles. The van der Waals surface area contributed by atoms with Crippen LogP contribution >= 0.6 is 11.6 Å². The van der Waals surface area contributed by atoms with Crippen molar-refractivity contribution in [3.8, 4) is 11.3 Å². The van der Waals surface area contributed by atoms with E-state index < -0.39 is 23.6 Å². The molecule has 0 bridgehead atoms. The van der Waals surface area contributed by atoms with Crippen molar-refractivity contribution in [2.45, 2.75) is 39.3 Å². The van der Waals surface area contributed by atoms with Crippen LogP contribution in [0.3, 0.4) is 0 Å². The molecule has 25 heavy (non-hydrogen) atoms. The molecular formula is C16H21ClFN5O2. The van der Waals surface area contributed by atoms with Crippen LogP contribution in [0.4, 0.5) is 9.18 Å². The molecule has 0 spiro atoms. The van der Waals surface area contributed by atoms with E-state index >= 15 is 0 Å². The summed E-state index contributed by atoms with van der Waals surface area (Å²) in [5.74, 6) is -0.682. The minimum atomic E-state index is -0.682. The molecule has 136 valence electrons. The van der Waals surface area contributed by atoms with Gasteiger partial charge in [0, 0.05) is 25.9 Å². The van der Waals surface area contributed by atoms with E-state index in [4.69, 9.17) is 16.3 Å². The van der Waals surface area contributed by atoms with Gasteiger partial charge in [0.25, 0.3) is 0 Å². The van der Waals surface area contributed by atoms with Crippen LogP contribution in [0.25, 0.3) is 11.3 Å². The number of halogens is 2. The summed E-state index contributed by atoms with van der Waals surface area (Å²) < 4.78 is 19.7. The van der Waals surface area contributed by atoms with Gasteiger partial charge in [-0.1, -0.05) is 11.6 Å². The van der Waals surface area contributed by atoms with Gasteiger partial charge in [-0.2, -0.15) is 15.0 Å². The summed E-state index contributed by atoms with van der Waals surface area (Å²) in [5.41, 5.74) is 0.276. The fourth-order valence-corrected chi connectivity index (χ4v) is 2.33. The predicted molar refractivity (Wildman–Crippen MR) is 91.6 cm³/mol. The molecule has 0 N–H and O–H groups in total. The maximum atomic E-state index is 14.3. The minimum Gasteiger partial charge on any atom is -0.444 e. The lowest BCUT2D eigenvalue weighted by atomic mass is 10.1. The Morgan fingerprint density at radius 1 is 1.40 bits per heavy atom. The van der Waals surface area contributed by atoms with E-state index in [2.05, 4.69) is 15.2 Å². The molecular weight excluding hydrogens is 349 g/mol. The van der Waals surface area contributed by atoms with Crippen molar-refractivity contribution in [2.24, 2.45) is 7.05 Å². The zero-order chi connectivity index (χ0) is 18.9. The lowest BCUT2D eigenvalue weighted by molar-refractivity contribution is 0.0230. The molecule has 1 amide bonds. The third-order valence-electron chi connectivity index (χ3n) is 3.50. The molecule has 0 saturated heterocycles. The van der Waals surface area contributed by atoms with Gasteiger partial charge >= 0.3 is 6.09 Å². The van der Waals surface area contributed by atoms with E-state index in [1.54, 1.807) is 41.8 Å². The highest BCUT2D eigenvalue weighted by atomic mass is 35.5. The van der Waals surface area contributed by atoms with E-state index in [1.165, 1.54) is 22.0 Å². The van der Waals surface area contributed by atoms with Gasteiger partial charge in [0.1, 0.15) is 17.0 Å². The highest BCUT2D eigenvalue weighted by Gasteiger charge is 2.29. The van der Waals surface area contributed by atoms with Gasteiger partial charge in [0.2, 0.25) is 0 Å². The highest BCUT2D eigenvalue weighted by Crippen LogP contribution is 2.31. The molecule has 2 heterocycles. The molecule has 9 heteroatoms. The van der Waals surface area contributed by atoms with Crippen molar-refractivity contribution in [3.63, 3.8) is 0 Å². The fourth-order valence-electron chi connectivity index (χ4n) is 2.17. The number of carbonyl (C=O) groups excluding carboxylic acids is 1. The number of hydrogen-bond donors (Lipinski definition) is 0. The Kier molecular flexibility index (Phi) is 5.31. The van der Waals surface area contributed by atoms with Gasteiger partial charge in [-0.25, -0.2) is 14.2 Å². The molecule has 0 aliphatic rings. The first-order valence-electron chi connectivity index (χ1n) is 7.68. The largest absolute Gasteiger partial charge is 0.444 e. The maximum Gasteiger partial charge on any atom is 0.410 e. The predicted octanol–water partition coefficient (Wildman–Crippen LogP) is 3.60. The number of aryl methyl sites for hydroxylation is 1. The summed E-state index contributed by atoms with van der Waals surface area (Å²) in [5, 5.41) is 8.26. The van der Waals surface area contributed by atoms with Gasteiger partial charge in [0.15, 0.2) is 11.0 Å². The van der Waals surface area contributed by atoms with Gasteiger partial charge in [-0.05, 0) is 33.8 Å². The second-order valence-corrected chi connectivity index (χ2v) is 7.01. The fraction of sp³-hybridized carbons (Fsp3) is 0.500. The minimum absolute atomic E-state index is 0.174. The molecule has 1 unspecified atom stereocenters. The van der Waals surface area contributed by atoms with Crippen molar-refractivity contribution in [1.29, 1.82) is 0 Å². The van der Waals surface area contributed by atoms with Crippen molar-refractivity contribution >= 4 is 17.7 Å². The van der Waals surface area contributed by atoms with Gasteiger partial charge in [-0.3, -0.25) is 0 Å². The Morgan fingerprint density at radius 2 is 2.04 bits per heavy atom. The van der Waals surface area contributed by atoms with E-state index in [9.17, 15) is 9.18 Å². The van der Waals surface area contributed by atoms with Crippen LogP contribution in [-0.4, -0.2) is 43.6 Å². The number of rotatable bonds is 3. The molecule has 0 aliphatic heterocycles. The van der Waals surface area contributed by atoms with Crippen molar-refractivity contribution in [2.75, 3.05) is 7.05 Å². The monoisotopic (exact) mass is 369 g/mol. The Balaban J connectivity index is 2.40. The molecule has 0 fully saturated rings. The van der Waals surface area contributed by atoms with Crippen LogP contribution in [0.5, 0.6) is 0 Å². The van der Waals surface area contributed by atoms with E-state index in [0.717, 1.165) is 0 Å². The highest BCUT2D eigenvalue weighted by molar-refractivity contribution is 6.29. The van der Waals surface area contributed by atoms with Crippen molar-refractivity contribution in [3.05, 3.63) is 28.9 Å². The smallest absolute Gasteiger partial charge is 0.410 e. The molecule has 2 aromatic rings. The van der Waals surface area contributed by atoms with Gasteiger partial charge in [-0.15, -0.1) is 0 Å². The Hall–Kier alpha value is -2.22. The quantitative estimate of drug-likeness (QED) is 0.773. The third kappa shape index (κ3) is 4.25. The third-order valence-corrected chi connectivity index (χ3v) is 3.76. The average Bonchev–Trinajstić information content (AvgIpc) is 2.88. The van der Waals surface area contributed by atoms with Crippen molar-refractivity contribution < 1.29 is 13.9 Å². The SMILES string of the molecule is CC(c1nn(C)nc1-c1ccnc(Cl)c1F)N(C)C(=O)OC(C)(C)C. The summed E-state index contributed by atoms with van der Waals surface area (Å²) in [6, 6.07) is 0.972. The molecule has 7 nitrogen and oxygen atoms in total. The van der Waals surface area contributed by atoms with E-state index in [0.29, 0.717) is 11.4 Å². The number of carbonyl (C=O) groups is 1. The second-order valence-electron chi connectivity index (χ2n) is 6.65. The molecule has 0 aliphatic carbocycles. The first-order chi connectivity index (χ1) is 11.5. The Labute approximate surface area is 150 Å². The number of pyridine rings is 1. The van der Waals surface area contributed by atoms with E-state index in [-0.39, 0.29) is 10.7 Å². The van der Waals surface area contributed by atoms with Crippen LogP contribution in [0.2, 0.25) is 5.15 Å². The van der Waals surface area contributed by atoms with Gasteiger partial charge < -0.3 is 9.64 Å². The number of amides is 1. The normalized spacial score (nSPS) is 12.8. The first-order valence-corrected chi connectivity index (χ1v) is 8.06. The average molecular weight is 370 g/mol. The molecule has 0 radical (unpaired) electrons. The summed E-state index contributed by atoms with van der Waals surface area (Å²) in [4.78, 5) is 18.7. The summed E-state index contributed by atoms with van der Waals surface area (Å²) in [7, 11) is 3.21. The van der Waals surface area contributed by atoms with Crippen LogP contribution in [0.1, 0.15) is 39.4 Å². The second kappa shape index (κ2) is 6.95. The number of ether oxygens (including phenoxy) is 1. The summed E-state index contributed by atoms with van der Waals surface area (Å²) >= 11 is 5.76. The zero-order valence-electron chi connectivity index (χ0n) is 15.0. The first kappa shape index (κ1) is 19.1. The topological polar surface area (TPSA) is 73.1 Å². The lowest BCUT2D eigenvalue weighted by Crippen LogP contribution is -2.36. The zero-order valence-corrected chi connectivity index (χ0v) is 15.8. The summed E-state index contributed by atoms with van der Waals surface area (Å²) in [6.45, 7) is 7.11. The van der Waals surface area contributed by atoms with Crippen LogP contribution < -0.4 is 0 Å². The van der Waals surface area contributed by atoms with Gasteiger partial charge in [0.05, 0.1) is 6.04 Å². The van der Waals surface area contributed by atoms with Crippen LogP contribution in [0, 0.1) is 5.82 Å². The molecule has 0 aromatic carbocycles. The molecule has 1 atom stereocenters. The molecule has 0 saturated carbocycles. The number of nitrogens with zero attached hydrogens (tertiary/aromatic N) is 5. The van der Waals surface area contributed by atoms with Crippen LogP contribution in [0.15, 0.2) is 12.3 Å². The van der Waals surface area contributed by atoms with Crippen LogP contribution in [-0.2, 0) is 11.8 Å². The number of aromatic nitrogens is 4. The number of hydrogen-bond acceptors (Lipinski definition) is 5. The lowest BCUT2D eigenvalue weighted by Gasteiger charge is -2.28. The Morgan fingerprint density at radius 3 is 2.64 bits per heavy atom. The Bertz CT molecular complexity index is 787. The standard InChI is InChI=1S/C16H21ClFN5O2/c1-9(22(5)15(24)25-16(2,3)4)12-13(21-23(6)20-12)10-7-8-19-14(17)11(10)18/h7-9H,1-6H3. The van der Waals surface area contributed by atoms with E-state index in [1.807, 2.05) is 0 Å². The summed E-state index contributed by atoms with van der Waals surface area (Å²) in [6.07, 6.45) is 0.881. The van der Waals surface area contributed by atoms with Crippen molar-refractivity contribution in [1.82, 2.24) is 24.9 Å².